The highest BCUT2D eigenvalue weighted by Gasteiger charge is 2.19. The molecule has 3 heterocycles. The third-order valence-corrected chi connectivity index (χ3v) is 9.54. The maximum absolute atomic E-state index is 6.55. The van der Waals surface area contributed by atoms with E-state index >= 15 is 0 Å². The van der Waals surface area contributed by atoms with Crippen molar-refractivity contribution in [1.82, 2.24) is 9.97 Å². The molecule has 0 N–H and O–H groups in total. The summed E-state index contributed by atoms with van der Waals surface area (Å²) in [5, 5.41) is 4.22. The van der Waals surface area contributed by atoms with Crippen LogP contribution < -0.4 is 0 Å². The van der Waals surface area contributed by atoms with Crippen molar-refractivity contribution in [3.05, 3.63) is 170 Å². The maximum Gasteiger partial charge on any atom is 0.161 e. The second-order valence-corrected chi connectivity index (χ2v) is 12.5. The van der Waals surface area contributed by atoms with Crippen molar-refractivity contribution in [3.63, 3.8) is 0 Å². The first kappa shape index (κ1) is 28.3. The molecule has 50 heavy (non-hydrogen) atoms. The quantitative estimate of drug-likeness (QED) is 0.188. The van der Waals surface area contributed by atoms with Crippen LogP contribution in [-0.4, -0.2) is 9.97 Å². The number of para-hydroxylation sites is 2. The minimum atomic E-state index is 0.651. The number of furan rings is 2. The molecule has 0 saturated heterocycles. The van der Waals surface area contributed by atoms with Gasteiger partial charge in [-0.15, -0.1) is 0 Å². The molecule has 0 unspecified atom stereocenters. The van der Waals surface area contributed by atoms with Crippen LogP contribution in [0.4, 0.5) is 0 Å². The molecule has 0 atom stereocenters. The molecule has 0 fully saturated rings. The van der Waals surface area contributed by atoms with Gasteiger partial charge in [0.05, 0.1) is 11.4 Å². The van der Waals surface area contributed by atoms with Crippen LogP contribution in [0, 0.1) is 0 Å². The van der Waals surface area contributed by atoms with Gasteiger partial charge in [-0.1, -0.05) is 140 Å². The Kier molecular flexibility index (Phi) is 6.46. The van der Waals surface area contributed by atoms with Crippen molar-refractivity contribution in [2.75, 3.05) is 0 Å². The number of benzene rings is 7. The van der Waals surface area contributed by atoms with Crippen LogP contribution in [-0.2, 0) is 0 Å². The number of rotatable bonds is 5. The van der Waals surface area contributed by atoms with E-state index in [0.29, 0.717) is 5.82 Å². The van der Waals surface area contributed by atoms with E-state index in [1.807, 2.05) is 54.6 Å². The van der Waals surface area contributed by atoms with Crippen LogP contribution in [0.25, 0.3) is 100 Å². The molecule has 0 aliphatic heterocycles. The normalized spacial score (nSPS) is 11.6. The van der Waals surface area contributed by atoms with E-state index in [1.54, 1.807) is 0 Å². The highest BCUT2D eigenvalue weighted by atomic mass is 16.3. The Hall–Kier alpha value is -6.78. The van der Waals surface area contributed by atoms with Crippen molar-refractivity contribution in [2.45, 2.75) is 0 Å². The van der Waals surface area contributed by atoms with Crippen LogP contribution >= 0.6 is 0 Å². The summed E-state index contributed by atoms with van der Waals surface area (Å²) in [6.45, 7) is 0. The molecule has 3 aromatic heterocycles. The van der Waals surface area contributed by atoms with Crippen molar-refractivity contribution in [3.8, 4) is 56.2 Å². The second-order valence-electron chi connectivity index (χ2n) is 12.5. The molecule has 0 radical (unpaired) electrons. The summed E-state index contributed by atoms with van der Waals surface area (Å²) < 4.78 is 12.9. The summed E-state index contributed by atoms with van der Waals surface area (Å²) in [6.07, 6.45) is 0. The van der Waals surface area contributed by atoms with Gasteiger partial charge in [0, 0.05) is 43.8 Å². The molecule has 0 bridgehead atoms. The predicted molar refractivity (Wildman–Crippen MR) is 204 cm³/mol. The van der Waals surface area contributed by atoms with E-state index in [1.165, 1.54) is 5.56 Å². The zero-order valence-electron chi connectivity index (χ0n) is 26.9. The Morgan fingerprint density at radius 3 is 1.72 bits per heavy atom. The summed E-state index contributed by atoms with van der Waals surface area (Å²) in [5.41, 5.74) is 12.5. The second kappa shape index (κ2) is 11.4. The van der Waals surface area contributed by atoms with Crippen LogP contribution in [0.1, 0.15) is 0 Å². The molecule has 10 aromatic rings. The lowest BCUT2D eigenvalue weighted by Crippen LogP contribution is -1.96. The monoisotopic (exact) mass is 640 g/mol. The summed E-state index contributed by atoms with van der Waals surface area (Å²) in [5.74, 6) is 0.651. The van der Waals surface area contributed by atoms with Crippen LogP contribution in [0.5, 0.6) is 0 Å². The Bertz CT molecular complexity index is 2850. The number of fused-ring (bicyclic) bond motifs is 6. The molecule has 7 aromatic carbocycles. The van der Waals surface area contributed by atoms with Gasteiger partial charge in [0.15, 0.2) is 5.82 Å². The average Bonchev–Trinajstić information content (AvgIpc) is 3.77. The van der Waals surface area contributed by atoms with Crippen molar-refractivity contribution >= 4 is 43.9 Å². The van der Waals surface area contributed by atoms with Gasteiger partial charge in [-0.25, -0.2) is 9.97 Å². The lowest BCUT2D eigenvalue weighted by Gasteiger charge is -2.11. The third kappa shape index (κ3) is 4.69. The van der Waals surface area contributed by atoms with Gasteiger partial charge in [0.2, 0.25) is 0 Å². The van der Waals surface area contributed by atoms with Crippen LogP contribution in [0.2, 0.25) is 0 Å². The molecule has 0 amide bonds. The van der Waals surface area contributed by atoms with Crippen molar-refractivity contribution in [2.24, 2.45) is 0 Å². The standard InChI is InChI=1S/C46H28N2O2/c1-3-11-29(12-4-1)30-21-23-32(24-22-30)40-28-39(31-13-5-2-6-14-31)47-46(48-40)38-18-10-20-42-44(38)37-26-25-33(27-43(37)49-42)34-16-9-17-36-35-15-7-8-19-41(35)50-45(34)36/h1-28H. The fourth-order valence-electron chi connectivity index (χ4n) is 7.09. The lowest BCUT2D eigenvalue weighted by molar-refractivity contribution is 0.668. The Labute approximate surface area is 287 Å². The Balaban J connectivity index is 1.12. The van der Waals surface area contributed by atoms with Gasteiger partial charge in [0.1, 0.15) is 22.3 Å². The van der Waals surface area contributed by atoms with Gasteiger partial charge in [-0.3, -0.25) is 0 Å². The van der Waals surface area contributed by atoms with E-state index in [4.69, 9.17) is 18.8 Å². The van der Waals surface area contributed by atoms with Crippen LogP contribution in [0.3, 0.4) is 0 Å². The third-order valence-electron chi connectivity index (χ3n) is 9.54. The minimum Gasteiger partial charge on any atom is -0.456 e. The Morgan fingerprint density at radius 2 is 0.920 bits per heavy atom. The van der Waals surface area contributed by atoms with Gasteiger partial charge in [-0.2, -0.15) is 0 Å². The SMILES string of the molecule is c1ccc(-c2ccc(-c3cc(-c4ccccc4)nc(-c4cccc5oc6cc(-c7cccc8c7oc7ccccc78)ccc6c45)n3)cc2)cc1. The van der Waals surface area contributed by atoms with E-state index in [9.17, 15) is 0 Å². The molecular weight excluding hydrogens is 613 g/mol. The zero-order chi connectivity index (χ0) is 33.0. The molecule has 4 nitrogen and oxygen atoms in total. The number of hydrogen-bond donors (Lipinski definition) is 0. The summed E-state index contributed by atoms with van der Waals surface area (Å²) in [4.78, 5) is 10.3. The molecule has 0 spiro atoms. The molecular formula is C46H28N2O2. The molecule has 234 valence electrons. The summed E-state index contributed by atoms with van der Waals surface area (Å²) >= 11 is 0. The van der Waals surface area contributed by atoms with Gasteiger partial charge < -0.3 is 8.83 Å². The van der Waals surface area contributed by atoms with Crippen LogP contribution in [0.15, 0.2) is 179 Å². The van der Waals surface area contributed by atoms with Gasteiger partial charge in [0.25, 0.3) is 0 Å². The number of nitrogens with zero attached hydrogens (tertiary/aromatic N) is 2. The lowest BCUT2D eigenvalue weighted by atomic mass is 9.99. The molecule has 4 heteroatoms. The first-order valence-electron chi connectivity index (χ1n) is 16.7. The van der Waals surface area contributed by atoms with Crippen molar-refractivity contribution < 1.29 is 8.83 Å². The van der Waals surface area contributed by atoms with Gasteiger partial charge in [-0.05, 0) is 47.0 Å². The fourth-order valence-corrected chi connectivity index (χ4v) is 7.09. The van der Waals surface area contributed by atoms with E-state index in [-0.39, 0.29) is 0 Å². The first-order chi connectivity index (χ1) is 24.8. The number of hydrogen-bond acceptors (Lipinski definition) is 4. The van der Waals surface area contributed by atoms with Gasteiger partial charge >= 0.3 is 0 Å². The highest BCUT2D eigenvalue weighted by molar-refractivity contribution is 6.14. The van der Waals surface area contributed by atoms with E-state index in [0.717, 1.165) is 88.6 Å². The van der Waals surface area contributed by atoms with Crippen molar-refractivity contribution in [1.29, 1.82) is 0 Å². The topological polar surface area (TPSA) is 52.1 Å². The summed E-state index contributed by atoms with van der Waals surface area (Å²) in [6, 6.07) is 58.4. The zero-order valence-corrected chi connectivity index (χ0v) is 26.9. The number of aromatic nitrogens is 2. The molecule has 0 aliphatic rings. The smallest absolute Gasteiger partial charge is 0.161 e. The first-order valence-corrected chi connectivity index (χ1v) is 16.7. The highest BCUT2D eigenvalue weighted by Crippen LogP contribution is 2.41. The average molecular weight is 641 g/mol. The maximum atomic E-state index is 6.55. The Morgan fingerprint density at radius 1 is 0.340 bits per heavy atom. The van der Waals surface area contributed by atoms with E-state index in [2.05, 4.69) is 115 Å². The summed E-state index contributed by atoms with van der Waals surface area (Å²) in [7, 11) is 0. The fraction of sp³-hybridized carbons (Fsp3) is 0. The minimum absolute atomic E-state index is 0.651. The largest absolute Gasteiger partial charge is 0.456 e. The molecule has 0 saturated carbocycles. The molecule has 0 aliphatic carbocycles. The predicted octanol–water partition coefficient (Wildman–Crippen LogP) is 12.6. The van der Waals surface area contributed by atoms with E-state index < -0.39 is 0 Å². The molecule has 10 rings (SSSR count).